The Labute approximate surface area is 243 Å². The first-order valence-corrected chi connectivity index (χ1v) is 13.3. The molecular formula is C28H23BrClFN2O5S. The normalized spacial score (nSPS) is 14.2. The van der Waals surface area contributed by atoms with Gasteiger partial charge in [0, 0.05) is 10.6 Å². The van der Waals surface area contributed by atoms with E-state index in [1.807, 2.05) is 6.92 Å². The van der Waals surface area contributed by atoms with Gasteiger partial charge in [-0.1, -0.05) is 29.8 Å². The first-order valence-electron chi connectivity index (χ1n) is 11.8. The number of benzene rings is 3. The van der Waals surface area contributed by atoms with Gasteiger partial charge in [-0.3, -0.25) is 14.5 Å². The molecule has 39 heavy (non-hydrogen) atoms. The Morgan fingerprint density at radius 2 is 1.85 bits per heavy atom. The van der Waals surface area contributed by atoms with Crippen molar-refractivity contribution in [3.63, 3.8) is 0 Å². The van der Waals surface area contributed by atoms with E-state index in [1.165, 1.54) is 23.0 Å². The number of rotatable bonds is 9. The second-order valence-electron chi connectivity index (χ2n) is 8.23. The first kappa shape index (κ1) is 28.5. The zero-order valence-corrected chi connectivity index (χ0v) is 24.1. The number of nitrogens with zero attached hydrogens (tertiary/aromatic N) is 2. The summed E-state index contributed by atoms with van der Waals surface area (Å²) < 4.78 is 31.2. The minimum atomic E-state index is -0.568. The van der Waals surface area contributed by atoms with Crippen LogP contribution < -0.4 is 14.4 Å². The highest BCUT2D eigenvalue weighted by Gasteiger charge is 2.40. The van der Waals surface area contributed by atoms with Gasteiger partial charge >= 0.3 is 5.97 Å². The summed E-state index contributed by atoms with van der Waals surface area (Å²) in [5.74, 6) is -0.608. The summed E-state index contributed by atoms with van der Waals surface area (Å²) >= 11 is 15.1. The van der Waals surface area contributed by atoms with E-state index in [9.17, 15) is 14.0 Å². The summed E-state index contributed by atoms with van der Waals surface area (Å²) in [5, 5.41) is 0.622. The van der Waals surface area contributed by atoms with Crippen molar-refractivity contribution < 1.29 is 28.2 Å². The van der Waals surface area contributed by atoms with E-state index in [1.54, 1.807) is 60.7 Å². The number of hydrogen-bond donors (Lipinski definition) is 0. The Balaban J connectivity index is 1.71. The fraction of sp³-hybridized carbons (Fsp3) is 0.179. The topological polar surface area (TPSA) is 68.3 Å². The van der Waals surface area contributed by atoms with Crippen LogP contribution in [0.15, 0.2) is 70.8 Å². The number of thiocarbonyl (C=S) groups is 1. The van der Waals surface area contributed by atoms with E-state index in [-0.39, 0.29) is 29.8 Å². The smallest absolute Gasteiger partial charge is 0.325 e. The summed E-state index contributed by atoms with van der Waals surface area (Å²) in [4.78, 5) is 28.5. The van der Waals surface area contributed by atoms with Crippen molar-refractivity contribution in [2.45, 2.75) is 13.5 Å². The SMILES string of the molecule is CCOc1cc(/C=C2/C(=O)N(c3ccc(Cl)cc3)C(=S)N2CC(=O)OC)cc(Br)c1OCc1ccccc1F. The summed E-state index contributed by atoms with van der Waals surface area (Å²) in [6.07, 6.45) is 1.60. The van der Waals surface area contributed by atoms with Gasteiger partial charge in [-0.15, -0.1) is 0 Å². The maximum atomic E-state index is 14.1. The molecule has 1 fully saturated rings. The number of methoxy groups -OCH3 is 1. The minimum Gasteiger partial charge on any atom is -0.490 e. The molecule has 0 bridgehead atoms. The van der Waals surface area contributed by atoms with Crippen molar-refractivity contribution in [2.75, 3.05) is 25.2 Å². The van der Waals surface area contributed by atoms with Gasteiger partial charge in [0.05, 0.1) is 23.9 Å². The molecule has 0 N–H and O–H groups in total. The number of hydrogen-bond acceptors (Lipinski definition) is 6. The van der Waals surface area contributed by atoms with Crippen molar-refractivity contribution in [2.24, 2.45) is 0 Å². The molecule has 202 valence electrons. The summed E-state index contributed by atoms with van der Waals surface area (Å²) in [7, 11) is 1.26. The number of esters is 1. The van der Waals surface area contributed by atoms with Gasteiger partial charge < -0.3 is 19.1 Å². The van der Waals surface area contributed by atoms with Gasteiger partial charge in [0.15, 0.2) is 16.6 Å². The van der Waals surface area contributed by atoms with E-state index in [4.69, 9.17) is 38.0 Å². The maximum Gasteiger partial charge on any atom is 0.325 e. The van der Waals surface area contributed by atoms with Crippen molar-refractivity contribution in [3.8, 4) is 11.5 Å². The second kappa shape index (κ2) is 12.6. The largest absolute Gasteiger partial charge is 0.490 e. The standard InChI is InChI=1S/C28H23BrClFN2O5S/c1-3-37-24-14-17(12-21(29)26(24)38-16-18-6-4-5-7-22(18)31)13-23-27(35)33(20-10-8-19(30)9-11-20)28(39)32(23)15-25(34)36-2/h4-14H,3,15-16H2,1-2H3/b23-13-. The zero-order valence-electron chi connectivity index (χ0n) is 20.9. The lowest BCUT2D eigenvalue weighted by Gasteiger charge is -2.19. The molecule has 3 aromatic carbocycles. The lowest BCUT2D eigenvalue weighted by Crippen LogP contribution is -2.35. The van der Waals surface area contributed by atoms with E-state index in [0.29, 0.717) is 44.4 Å². The van der Waals surface area contributed by atoms with E-state index in [2.05, 4.69) is 15.9 Å². The van der Waals surface area contributed by atoms with Crippen molar-refractivity contribution >= 4 is 68.5 Å². The maximum absolute atomic E-state index is 14.1. The Morgan fingerprint density at radius 3 is 2.51 bits per heavy atom. The third-order valence-electron chi connectivity index (χ3n) is 5.70. The van der Waals surface area contributed by atoms with Crippen molar-refractivity contribution in [3.05, 3.63) is 92.8 Å². The average molecular weight is 634 g/mol. The van der Waals surface area contributed by atoms with Crippen LogP contribution in [-0.2, 0) is 20.9 Å². The monoisotopic (exact) mass is 632 g/mol. The van der Waals surface area contributed by atoms with Gasteiger partial charge in [0.1, 0.15) is 24.7 Å². The van der Waals surface area contributed by atoms with Gasteiger partial charge in [-0.05, 0) is 89.2 Å². The highest BCUT2D eigenvalue weighted by Crippen LogP contribution is 2.39. The lowest BCUT2D eigenvalue weighted by atomic mass is 10.1. The molecule has 0 radical (unpaired) electrons. The highest BCUT2D eigenvalue weighted by atomic mass is 79.9. The average Bonchev–Trinajstić information content (AvgIpc) is 3.13. The zero-order chi connectivity index (χ0) is 28.1. The molecule has 0 atom stereocenters. The minimum absolute atomic E-state index is 0.0124. The number of carbonyl (C=O) groups excluding carboxylic acids is 2. The number of halogens is 3. The van der Waals surface area contributed by atoms with Crippen LogP contribution in [0.1, 0.15) is 18.1 Å². The quantitative estimate of drug-likeness (QED) is 0.154. The molecule has 0 unspecified atom stereocenters. The fourth-order valence-electron chi connectivity index (χ4n) is 3.84. The Hall–Kier alpha value is -3.47. The van der Waals surface area contributed by atoms with Crippen LogP contribution in [0, 0.1) is 5.82 Å². The molecule has 0 saturated carbocycles. The van der Waals surface area contributed by atoms with Crippen LogP contribution in [0.5, 0.6) is 11.5 Å². The number of amides is 1. The molecule has 1 aliphatic rings. The molecule has 1 saturated heterocycles. The Morgan fingerprint density at radius 1 is 1.13 bits per heavy atom. The Kier molecular flexibility index (Phi) is 9.21. The van der Waals surface area contributed by atoms with Gasteiger partial charge in [-0.2, -0.15) is 0 Å². The predicted octanol–water partition coefficient (Wildman–Crippen LogP) is 6.37. The van der Waals surface area contributed by atoms with Crippen LogP contribution in [-0.4, -0.2) is 42.2 Å². The summed E-state index contributed by atoms with van der Waals surface area (Å²) in [6, 6.07) is 16.4. The molecule has 3 aromatic rings. The number of ether oxygens (including phenoxy) is 3. The molecule has 0 aliphatic carbocycles. The first-order chi connectivity index (χ1) is 18.7. The van der Waals surface area contributed by atoms with E-state index >= 15 is 0 Å². The molecule has 4 rings (SSSR count). The van der Waals surface area contributed by atoms with Crippen LogP contribution >= 0.6 is 39.7 Å². The van der Waals surface area contributed by atoms with Gasteiger partial charge in [0.2, 0.25) is 0 Å². The summed E-state index contributed by atoms with van der Waals surface area (Å²) in [6.45, 7) is 1.88. The molecule has 0 aromatic heterocycles. The number of carbonyl (C=O) groups is 2. The van der Waals surface area contributed by atoms with Crippen LogP contribution in [0.25, 0.3) is 6.08 Å². The molecule has 1 heterocycles. The second-order valence-corrected chi connectivity index (χ2v) is 9.89. The third-order valence-corrected chi connectivity index (χ3v) is 6.94. The molecule has 7 nitrogen and oxygen atoms in total. The van der Waals surface area contributed by atoms with Gasteiger partial charge in [-0.25, -0.2) is 4.39 Å². The van der Waals surface area contributed by atoms with Crippen LogP contribution in [0.3, 0.4) is 0 Å². The molecular weight excluding hydrogens is 611 g/mol. The third kappa shape index (κ3) is 6.41. The van der Waals surface area contributed by atoms with E-state index in [0.717, 1.165) is 0 Å². The summed E-state index contributed by atoms with van der Waals surface area (Å²) in [5.41, 5.74) is 1.63. The Bertz CT molecular complexity index is 1450. The lowest BCUT2D eigenvalue weighted by molar-refractivity contribution is -0.140. The van der Waals surface area contributed by atoms with Crippen LogP contribution in [0.4, 0.5) is 10.1 Å². The van der Waals surface area contributed by atoms with Crippen molar-refractivity contribution in [1.29, 1.82) is 0 Å². The molecule has 0 spiro atoms. The fourth-order valence-corrected chi connectivity index (χ4v) is 4.89. The van der Waals surface area contributed by atoms with Crippen LogP contribution in [0.2, 0.25) is 5.02 Å². The van der Waals surface area contributed by atoms with E-state index < -0.39 is 11.9 Å². The highest BCUT2D eigenvalue weighted by molar-refractivity contribution is 9.10. The molecule has 1 amide bonds. The molecule has 11 heteroatoms. The number of anilines is 1. The van der Waals surface area contributed by atoms with Gasteiger partial charge in [0.25, 0.3) is 5.91 Å². The molecule has 1 aliphatic heterocycles. The van der Waals surface area contributed by atoms with Crippen molar-refractivity contribution in [1.82, 2.24) is 4.90 Å². The predicted molar refractivity (Wildman–Crippen MR) is 154 cm³/mol.